The molecule has 1 aromatic rings. The summed E-state index contributed by atoms with van der Waals surface area (Å²) in [7, 11) is -0.561. The lowest BCUT2D eigenvalue weighted by molar-refractivity contribution is -0.199. The maximum absolute atomic E-state index is 13.8. The Kier molecular flexibility index (Phi) is 9.10. The summed E-state index contributed by atoms with van der Waals surface area (Å²) in [6.07, 6.45) is 7.73. The number of nitrogens with one attached hydrogen (secondary N) is 3. The Labute approximate surface area is 252 Å². The lowest BCUT2D eigenvalue weighted by Crippen LogP contribution is -2.65. The molecule has 42 heavy (non-hydrogen) atoms. The highest BCUT2D eigenvalue weighted by molar-refractivity contribution is 6.48. The summed E-state index contributed by atoms with van der Waals surface area (Å²) in [4.78, 5) is 39.5. The number of aryl methyl sites for hydroxylation is 1. The zero-order valence-corrected chi connectivity index (χ0v) is 26.3. The Morgan fingerprint density at radius 3 is 2.38 bits per heavy atom. The summed E-state index contributed by atoms with van der Waals surface area (Å²) in [5.74, 6) is 0.224. The highest BCUT2D eigenvalue weighted by Gasteiger charge is 2.68. The molecule has 1 heterocycles. The summed E-state index contributed by atoms with van der Waals surface area (Å²) >= 11 is 0. The molecule has 4 aliphatic carbocycles. The summed E-state index contributed by atoms with van der Waals surface area (Å²) in [6.45, 7) is 13.3. The molecule has 0 unspecified atom stereocenters. The molecule has 5 aliphatic rings. The highest BCUT2D eigenvalue weighted by atomic mass is 16.7. The Bertz CT molecular complexity index is 1150. The van der Waals surface area contributed by atoms with Crippen molar-refractivity contribution in [1.82, 2.24) is 16.0 Å². The van der Waals surface area contributed by atoms with Crippen LogP contribution in [-0.4, -0.2) is 55.1 Å². The van der Waals surface area contributed by atoms with Crippen LogP contribution < -0.4 is 16.0 Å². The van der Waals surface area contributed by atoms with Crippen LogP contribution in [0.5, 0.6) is 0 Å². The van der Waals surface area contributed by atoms with Crippen molar-refractivity contribution < 1.29 is 23.7 Å². The van der Waals surface area contributed by atoms with E-state index in [1.54, 1.807) is 12.1 Å². The van der Waals surface area contributed by atoms with Crippen LogP contribution in [0, 0.1) is 29.1 Å². The van der Waals surface area contributed by atoms with Gasteiger partial charge in [0.1, 0.15) is 6.04 Å². The van der Waals surface area contributed by atoms with Crippen molar-refractivity contribution in [2.24, 2.45) is 29.1 Å². The van der Waals surface area contributed by atoms with Gasteiger partial charge in [0.25, 0.3) is 5.91 Å². The second kappa shape index (κ2) is 12.3. The zero-order valence-electron chi connectivity index (χ0n) is 26.3. The standard InChI is InChI=1S/C33H50BN3O5/c1-7-8-9-21-10-12-23(13-11-21)30(39)36-25(19-35-29(38)22-14-15-22)31(40)37-28(16-20(2)3)34-41-27-18-24-17-26(32(24,4)5)33(27,6)42-34/h10-13,20,22,24-28H,7-9,14-19H2,1-6H3,(H,35,38)(H,36,39)(H,37,40)/t24-,25-,26-,27+,28-,33-/m0/s1. The fourth-order valence-corrected chi connectivity index (χ4v) is 7.45. The van der Waals surface area contributed by atoms with Gasteiger partial charge in [-0.15, -0.1) is 0 Å². The first-order valence-electron chi connectivity index (χ1n) is 16.2. The van der Waals surface area contributed by atoms with E-state index in [0.29, 0.717) is 23.8 Å². The minimum atomic E-state index is -0.930. The minimum absolute atomic E-state index is 0.00801. The van der Waals surface area contributed by atoms with Crippen molar-refractivity contribution in [3.8, 4) is 0 Å². The first-order valence-corrected chi connectivity index (χ1v) is 16.2. The molecule has 2 bridgehead atoms. The SMILES string of the molecule is CCCCc1ccc(C(=O)N[C@@H](CNC(=O)C2CC2)C(=O)N[C@@H](CC(C)C)B2O[C@@H]3C[C@@H]4C[C@@H](C4(C)C)[C@]3(C)O2)cc1. The fourth-order valence-electron chi connectivity index (χ4n) is 7.45. The Morgan fingerprint density at radius 2 is 1.76 bits per heavy atom. The number of carbonyl (C=O) groups excluding carboxylic acids is 3. The number of unbranched alkanes of at least 4 members (excludes halogenated alkanes) is 1. The number of hydrogen-bond acceptors (Lipinski definition) is 5. The summed E-state index contributed by atoms with van der Waals surface area (Å²) < 4.78 is 13.3. The molecule has 3 amide bonds. The third-order valence-electron chi connectivity index (χ3n) is 10.4. The third-order valence-corrected chi connectivity index (χ3v) is 10.4. The summed E-state index contributed by atoms with van der Waals surface area (Å²) in [6, 6.07) is 6.60. The fraction of sp³-hybridized carbons (Fsp3) is 0.727. The Balaban J connectivity index is 1.28. The maximum atomic E-state index is 13.8. The van der Waals surface area contributed by atoms with E-state index in [4.69, 9.17) is 9.31 Å². The highest BCUT2D eigenvalue weighted by Crippen LogP contribution is 2.65. The predicted octanol–water partition coefficient (Wildman–Crippen LogP) is 4.45. The van der Waals surface area contributed by atoms with Gasteiger partial charge < -0.3 is 25.3 Å². The van der Waals surface area contributed by atoms with Crippen LogP contribution in [0.3, 0.4) is 0 Å². The van der Waals surface area contributed by atoms with Crippen LogP contribution >= 0.6 is 0 Å². The molecule has 0 radical (unpaired) electrons. The number of amides is 3. The molecule has 0 aromatic heterocycles. The van der Waals surface area contributed by atoms with E-state index in [9.17, 15) is 14.4 Å². The molecule has 230 valence electrons. The van der Waals surface area contributed by atoms with Crippen molar-refractivity contribution in [3.63, 3.8) is 0 Å². The lowest BCUT2D eigenvalue weighted by atomic mass is 9.43. The number of carbonyl (C=O) groups is 3. The van der Waals surface area contributed by atoms with Gasteiger partial charge in [-0.2, -0.15) is 0 Å². The molecule has 6 atom stereocenters. The molecule has 8 nitrogen and oxygen atoms in total. The van der Waals surface area contributed by atoms with E-state index in [0.717, 1.165) is 44.9 Å². The molecule has 5 fully saturated rings. The van der Waals surface area contributed by atoms with Crippen molar-refractivity contribution >= 4 is 24.8 Å². The van der Waals surface area contributed by atoms with Crippen molar-refractivity contribution in [2.75, 3.05) is 6.54 Å². The monoisotopic (exact) mass is 579 g/mol. The second-order valence-electron chi connectivity index (χ2n) is 14.4. The minimum Gasteiger partial charge on any atom is -0.404 e. The van der Waals surface area contributed by atoms with Crippen LogP contribution in [0.15, 0.2) is 24.3 Å². The smallest absolute Gasteiger partial charge is 0.404 e. The topological polar surface area (TPSA) is 106 Å². The van der Waals surface area contributed by atoms with Crippen LogP contribution in [0.4, 0.5) is 0 Å². The molecule has 3 N–H and O–H groups in total. The van der Waals surface area contributed by atoms with Gasteiger partial charge in [-0.05, 0) is 92.7 Å². The largest absolute Gasteiger partial charge is 0.481 e. The van der Waals surface area contributed by atoms with E-state index in [1.165, 1.54) is 5.56 Å². The lowest BCUT2D eigenvalue weighted by Gasteiger charge is -2.64. The van der Waals surface area contributed by atoms with Gasteiger partial charge in [-0.3, -0.25) is 14.4 Å². The van der Waals surface area contributed by atoms with E-state index in [2.05, 4.69) is 57.5 Å². The quantitative estimate of drug-likeness (QED) is 0.300. The van der Waals surface area contributed by atoms with E-state index < -0.39 is 13.2 Å². The molecule has 4 saturated carbocycles. The maximum Gasteiger partial charge on any atom is 0.481 e. The molecular weight excluding hydrogens is 529 g/mol. The van der Waals surface area contributed by atoms with Gasteiger partial charge in [0.05, 0.1) is 17.6 Å². The molecule has 1 aliphatic heterocycles. The average molecular weight is 580 g/mol. The zero-order chi connectivity index (χ0) is 30.2. The molecule has 1 aromatic carbocycles. The number of benzene rings is 1. The third kappa shape index (κ3) is 6.42. The average Bonchev–Trinajstić information content (AvgIpc) is 3.73. The summed E-state index contributed by atoms with van der Waals surface area (Å²) in [5.41, 5.74) is 1.52. The number of rotatable bonds is 13. The van der Waals surface area contributed by atoms with E-state index >= 15 is 0 Å². The van der Waals surface area contributed by atoms with Gasteiger partial charge in [0.15, 0.2) is 0 Å². The second-order valence-corrected chi connectivity index (χ2v) is 14.4. The van der Waals surface area contributed by atoms with Crippen LogP contribution in [-0.2, 0) is 25.3 Å². The van der Waals surface area contributed by atoms with Gasteiger partial charge >= 0.3 is 7.12 Å². The van der Waals surface area contributed by atoms with Crippen LogP contribution in [0.1, 0.15) is 102 Å². The molecule has 1 saturated heterocycles. The molecule has 6 rings (SSSR count). The van der Waals surface area contributed by atoms with Crippen LogP contribution in [0.25, 0.3) is 0 Å². The molecular formula is C33H50BN3O5. The Hall–Kier alpha value is -2.39. The van der Waals surface area contributed by atoms with Crippen molar-refractivity contribution in [3.05, 3.63) is 35.4 Å². The van der Waals surface area contributed by atoms with E-state index in [-0.39, 0.29) is 59.2 Å². The van der Waals surface area contributed by atoms with Gasteiger partial charge in [0, 0.05) is 18.0 Å². The van der Waals surface area contributed by atoms with Crippen molar-refractivity contribution in [2.45, 2.75) is 117 Å². The first kappa shape index (κ1) is 31.1. The predicted molar refractivity (Wildman–Crippen MR) is 164 cm³/mol. The van der Waals surface area contributed by atoms with Gasteiger partial charge in [-0.25, -0.2) is 0 Å². The first-order chi connectivity index (χ1) is 19.9. The number of hydrogen-bond donors (Lipinski definition) is 3. The van der Waals surface area contributed by atoms with Gasteiger partial charge in [-0.1, -0.05) is 53.2 Å². The molecule has 9 heteroatoms. The van der Waals surface area contributed by atoms with Crippen molar-refractivity contribution in [1.29, 1.82) is 0 Å². The van der Waals surface area contributed by atoms with Gasteiger partial charge in [0.2, 0.25) is 11.8 Å². The van der Waals surface area contributed by atoms with Crippen LogP contribution in [0.2, 0.25) is 0 Å². The molecule has 0 spiro atoms. The summed E-state index contributed by atoms with van der Waals surface area (Å²) in [5, 5.41) is 8.95. The van der Waals surface area contributed by atoms with E-state index in [1.807, 2.05) is 12.1 Å². The normalized spacial score (nSPS) is 28.8. The Morgan fingerprint density at radius 1 is 1.05 bits per heavy atom.